The SMILES string of the molecule is COC(CNC(=O)C(=O)Nc1cc(C)ccc1F)OC. The summed E-state index contributed by atoms with van der Waals surface area (Å²) >= 11 is 0. The minimum Gasteiger partial charge on any atom is -0.354 e. The number of ether oxygens (including phenoxy) is 2. The highest BCUT2D eigenvalue weighted by Gasteiger charge is 2.17. The van der Waals surface area contributed by atoms with E-state index in [4.69, 9.17) is 9.47 Å². The fraction of sp³-hybridized carbons (Fsp3) is 0.385. The first kappa shape index (κ1) is 16.1. The molecule has 0 aliphatic carbocycles. The van der Waals surface area contributed by atoms with E-state index in [2.05, 4.69) is 10.6 Å². The molecule has 0 spiro atoms. The second-order valence-corrected chi connectivity index (χ2v) is 4.05. The molecule has 0 aliphatic heterocycles. The van der Waals surface area contributed by atoms with Gasteiger partial charge in [-0.3, -0.25) is 9.59 Å². The van der Waals surface area contributed by atoms with Gasteiger partial charge in [-0.2, -0.15) is 0 Å². The topological polar surface area (TPSA) is 76.7 Å². The van der Waals surface area contributed by atoms with Crippen LogP contribution in [0.5, 0.6) is 0 Å². The quantitative estimate of drug-likeness (QED) is 0.619. The normalized spacial score (nSPS) is 10.4. The summed E-state index contributed by atoms with van der Waals surface area (Å²) in [6.07, 6.45) is -0.651. The highest BCUT2D eigenvalue weighted by atomic mass is 19.1. The van der Waals surface area contributed by atoms with Crippen LogP contribution in [0.3, 0.4) is 0 Å². The Kier molecular flexibility index (Phi) is 6.08. The number of anilines is 1. The lowest BCUT2D eigenvalue weighted by molar-refractivity contribution is -0.139. The van der Waals surface area contributed by atoms with Crippen molar-refractivity contribution in [1.29, 1.82) is 0 Å². The number of benzene rings is 1. The van der Waals surface area contributed by atoms with Crippen molar-refractivity contribution in [2.75, 3.05) is 26.1 Å². The van der Waals surface area contributed by atoms with Gasteiger partial charge in [-0.15, -0.1) is 0 Å². The zero-order chi connectivity index (χ0) is 15.1. The maximum absolute atomic E-state index is 13.4. The van der Waals surface area contributed by atoms with Gasteiger partial charge in [0.2, 0.25) is 0 Å². The van der Waals surface area contributed by atoms with Crippen molar-refractivity contribution in [3.05, 3.63) is 29.6 Å². The molecule has 0 unspecified atom stereocenters. The molecule has 0 bridgehead atoms. The molecular weight excluding hydrogens is 267 g/mol. The second-order valence-electron chi connectivity index (χ2n) is 4.05. The molecule has 0 atom stereocenters. The van der Waals surface area contributed by atoms with E-state index in [1.165, 1.54) is 26.4 Å². The molecular formula is C13H17FN2O4. The van der Waals surface area contributed by atoms with Crippen LogP contribution in [0.4, 0.5) is 10.1 Å². The minimum absolute atomic E-state index is 0.00948. The largest absolute Gasteiger partial charge is 0.354 e. The number of hydrogen-bond donors (Lipinski definition) is 2. The number of aryl methyl sites for hydroxylation is 1. The van der Waals surface area contributed by atoms with Crippen LogP contribution in [0.15, 0.2) is 18.2 Å². The van der Waals surface area contributed by atoms with Gasteiger partial charge in [0.05, 0.1) is 12.2 Å². The van der Waals surface area contributed by atoms with Crippen LogP contribution in [0.25, 0.3) is 0 Å². The lowest BCUT2D eigenvalue weighted by Gasteiger charge is -2.14. The van der Waals surface area contributed by atoms with Crippen molar-refractivity contribution >= 4 is 17.5 Å². The van der Waals surface area contributed by atoms with E-state index in [1.807, 2.05) is 0 Å². The van der Waals surface area contributed by atoms with Crippen molar-refractivity contribution in [2.45, 2.75) is 13.2 Å². The zero-order valence-electron chi connectivity index (χ0n) is 11.5. The Bertz CT molecular complexity index is 489. The van der Waals surface area contributed by atoms with Crippen molar-refractivity contribution in [2.24, 2.45) is 0 Å². The summed E-state index contributed by atoms with van der Waals surface area (Å²) in [6, 6.07) is 4.22. The number of amides is 2. The van der Waals surface area contributed by atoms with Crippen LogP contribution < -0.4 is 10.6 Å². The Hall–Kier alpha value is -1.99. The average molecular weight is 284 g/mol. The molecule has 0 aliphatic rings. The number of halogens is 1. The Morgan fingerprint density at radius 3 is 2.50 bits per heavy atom. The number of methoxy groups -OCH3 is 2. The summed E-state index contributed by atoms with van der Waals surface area (Å²) in [5.41, 5.74) is 0.723. The van der Waals surface area contributed by atoms with Crippen LogP contribution in [0, 0.1) is 12.7 Å². The summed E-state index contributed by atoms with van der Waals surface area (Å²) in [5, 5.41) is 4.52. The second kappa shape index (κ2) is 7.56. The molecule has 0 aromatic heterocycles. The average Bonchev–Trinajstić information content (AvgIpc) is 2.43. The lowest BCUT2D eigenvalue weighted by atomic mass is 10.2. The molecule has 2 amide bonds. The predicted molar refractivity (Wildman–Crippen MR) is 70.6 cm³/mol. The van der Waals surface area contributed by atoms with Crippen molar-refractivity contribution in [3.63, 3.8) is 0 Å². The molecule has 0 radical (unpaired) electrons. The van der Waals surface area contributed by atoms with E-state index in [9.17, 15) is 14.0 Å². The summed E-state index contributed by atoms with van der Waals surface area (Å²) in [4.78, 5) is 23.1. The molecule has 1 rings (SSSR count). The van der Waals surface area contributed by atoms with Crippen LogP contribution in [-0.4, -0.2) is 38.9 Å². The van der Waals surface area contributed by atoms with Crippen molar-refractivity contribution < 1.29 is 23.5 Å². The number of rotatable bonds is 5. The standard InChI is InChI=1S/C13H17FN2O4/c1-8-4-5-9(14)10(6-8)16-13(18)12(17)15-7-11(19-2)20-3/h4-6,11H,7H2,1-3H3,(H,15,17)(H,16,18). The first-order valence-corrected chi connectivity index (χ1v) is 5.88. The van der Waals surface area contributed by atoms with E-state index in [-0.39, 0.29) is 12.2 Å². The summed E-state index contributed by atoms with van der Waals surface area (Å²) < 4.78 is 23.1. The Morgan fingerprint density at radius 2 is 1.90 bits per heavy atom. The lowest BCUT2D eigenvalue weighted by Crippen LogP contribution is -2.40. The number of hydrogen-bond acceptors (Lipinski definition) is 4. The van der Waals surface area contributed by atoms with Gasteiger partial charge in [0, 0.05) is 14.2 Å². The molecule has 0 saturated carbocycles. The van der Waals surface area contributed by atoms with Crippen LogP contribution in [0.1, 0.15) is 5.56 Å². The maximum Gasteiger partial charge on any atom is 0.313 e. The molecule has 20 heavy (non-hydrogen) atoms. The van der Waals surface area contributed by atoms with Gasteiger partial charge >= 0.3 is 11.8 Å². The minimum atomic E-state index is -0.958. The first-order chi connectivity index (χ1) is 9.47. The Morgan fingerprint density at radius 1 is 1.25 bits per heavy atom. The van der Waals surface area contributed by atoms with E-state index in [0.29, 0.717) is 0 Å². The molecule has 0 saturated heterocycles. The summed E-state index contributed by atoms with van der Waals surface area (Å²) in [6.45, 7) is 1.76. The number of carbonyl (C=O) groups excluding carboxylic acids is 2. The smallest absolute Gasteiger partial charge is 0.313 e. The first-order valence-electron chi connectivity index (χ1n) is 5.88. The van der Waals surface area contributed by atoms with Gasteiger partial charge in [0.15, 0.2) is 6.29 Å². The monoisotopic (exact) mass is 284 g/mol. The summed E-state index contributed by atoms with van der Waals surface area (Å²) in [7, 11) is 2.81. The summed E-state index contributed by atoms with van der Waals surface area (Å²) in [5.74, 6) is -2.46. The molecule has 0 fully saturated rings. The Labute approximate surface area is 116 Å². The highest BCUT2D eigenvalue weighted by Crippen LogP contribution is 2.15. The van der Waals surface area contributed by atoms with E-state index < -0.39 is 23.9 Å². The number of nitrogens with one attached hydrogen (secondary N) is 2. The van der Waals surface area contributed by atoms with E-state index in [1.54, 1.807) is 13.0 Å². The van der Waals surface area contributed by atoms with Crippen molar-refractivity contribution in [1.82, 2.24) is 5.32 Å². The highest BCUT2D eigenvalue weighted by molar-refractivity contribution is 6.39. The van der Waals surface area contributed by atoms with Gasteiger partial charge in [-0.1, -0.05) is 6.07 Å². The Balaban J connectivity index is 2.57. The van der Waals surface area contributed by atoms with Gasteiger partial charge in [-0.25, -0.2) is 4.39 Å². The predicted octanol–water partition coefficient (Wildman–Crippen LogP) is 0.808. The molecule has 1 aromatic rings. The third-order valence-corrected chi connectivity index (χ3v) is 2.53. The van der Waals surface area contributed by atoms with E-state index >= 15 is 0 Å². The van der Waals surface area contributed by atoms with Gasteiger partial charge in [-0.05, 0) is 24.6 Å². The third kappa shape index (κ3) is 4.60. The molecule has 0 heterocycles. The molecule has 2 N–H and O–H groups in total. The fourth-order valence-electron chi connectivity index (χ4n) is 1.43. The van der Waals surface area contributed by atoms with Gasteiger partial charge in [0.25, 0.3) is 0 Å². The van der Waals surface area contributed by atoms with E-state index in [0.717, 1.165) is 5.56 Å². The number of carbonyl (C=O) groups is 2. The zero-order valence-corrected chi connectivity index (χ0v) is 11.5. The molecule has 1 aromatic carbocycles. The van der Waals surface area contributed by atoms with Gasteiger partial charge in [0.1, 0.15) is 5.82 Å². The third-order valence-electron chi connectivity index (χ3n) is 2.53. The van der Waals surface area contributed by atoms with Crippen LogP contribution in [0.2, 0.25) is 0 Å². The molecule has 6 nitrogen and oxygen atoms in total. The van der Waals surface area contributed by atoms with Gasteiger partial charge < -0.3 is 20.1 Å². The van der Waals surface area contributed by atoms with Crippen molar-refractivity contribution in [3.8, 4) is 0 Å². The van der Waals surface area contributed by atoms with Crippen LogP contribution in [-0.2, 0) is 19.1 Å². The molecule has 7 heteroatoms. The maximum atomic E-state index is 13.4. The molecule has 110 valence electrons. The van der Waals surface area contributed by atoms with Crippen LogP contribution >= 0.6 is 0 Å². The fourth-order valence-corrected chi connectivity index (χ4v) is 1.43.